The van der Waals surface area contributed by atoms with Crippen LogP contribution in [0.15, 0.2) is 47.4 Å². The van der Waals surface area contributed by atoms with Crippen LogP contribution in [0.5, 0.6) is 5.75 Å². The first kappa shape index (κ1) is 27.8. The Morgan fingerprint density at radius 1 is 1.14 bits per heavy atom. The lowest BCUT2D eigenvalue weighted by Crippen LogP contribution is -2.40. The van der Waals surface area contributed by atoms with E-state index in [1.165, 1.54) is 19.2 Å². The second-order valence-electron chi connectivity index (χ2n) is 9.39. The fourth-order valence-electron chi connectivity index (χ4n) is 4.55. The van der Waals surface area contributed by atoms with Gasteiger partial charge in [0.1, 0.15) is 5.75 Å². The smallest absolute Gasteiger partial charge is 0.261 e. The standard InChI is InChI=1S/C27H39N3O5S/c1-6-20(7-2)27(31)30(19-24-9-8-16-35-24)18-21-17-22(10-15-26(21)29(3)4)28-36(32,33)25-13-11-23(34-5)12-14-25/h10-15,17,20,24,28H,6-9,16,18-19H2,1-5H3. The number of hydrogen-bond donors (Lipinski definition) is 1. The third-order valence-corrected chi connectivity index (χ3v) is 8.04. The van der Waals surface area contributed by atoms with Gasteiger partial charge >= 0.3 is 0 Å². The van der Waals surface area contributed by atoms with E-state index >= 15 is 0 Å². The number of amides is 1. The van der Waals surface area contributed by atoms with Gasteiger partial charge in [0.25, 0.3) is 10.0 Å². The molecule has 1 saturated heterocycles. The molecule has 1 fully saturated rings. The molecule has 0 saturated carbocycles. The van der Waals surface area contributed by atoms with E-state index < -0.39 is 10.0 Å². The molecule has 0 aliphatic carbocycles. The molecule has 1 heterocycles. The summed E-state index contributed by atoms with van der Waals surface area (Å²) in [7, 11) is 1.62. The molecule has 2 aromatic rings. The van der Waals surface area contributed by atoms with Crippen molar-refractivity contribution in [2.24, 2.45) is 5.92 Å². The van der Waals surface area contributed by atoms with Gasteiger partial charge in [-0.2, -0.15) is 0 Å². The Labute approximate surface area is 215 Å². The zero-order valence-corrected chi connectivity index (χ0v) is 22.8. The molecule has 1 unspecified atom stereocenters. The van der Waals surface area contributed by atoms with Crippen molar-refractivity contribution in [1.29, 1.82) is 0 Å². The van der Waals surface area contributed by atoms with Gasteiger partial charge in [0.15, 0.2) is 0 Å². The minimum absolute atomic E-state index is 0.0304. The van der Waals surface area contributed by atoms with Crippen LogP contribution in [0.4, 0.5) is 11.4 Å². The van der Waals surface area contributed by atoms with E-state index in [1.807, 2.05) is 49.9 Å². The second kappa shape index (κ2) is 12.5. The maximum Gasteiger partial charge on any atom is 0.261 e. The van der Waals surface area contributed by atoms with E-state index in [2.05, 4.69) is 4.72 Å². The first-order valence-electron chi connectivity index (χ1n) is 12.6. The minimum Gasteiger partial charge on any atom is -0.497 e. The van der Waals surface area contributed by atoms with Crippen molar-refractivity contribution in [2.45, 2.75) is 57.1 Å². The number of nitrogens with one attached hydrogen (secondary N) is 1. The van der Waals surface area contributed by atoms with E-state index in [1.54, 1.807) is 18.2 Å². The number of rotatable bonds is 12. The van der Waals surface area contributed by atoms with Crippen LogP contribution in [0.1, 0.15) is 45.1 Å². The SMILES string of the molecule is CCC(CC)C(=O)N(Cc1cc(NS(=O)(=O)c2ccc(OC)cc2)ccc1N(C)C)CC1CCCO1. The average Bonchev–Trinajstić information content (AvgIpc) is 3.37. The Kier molecular flexibility index (Phi) is 9.62. The van der Waals surface area contributed by atoms with Crippen LogP contribution < -0.4 is 14.4 Å². The van der Waals surface area contributed by atoms with E-state index in [9.17, 15) is 13.2 Å². The van der Waals surface area contributed by atoms with Crippen LogP contribution in [0.2, 0.25) is 0 Å². The summed E-state index contributed by atoms with van der Waals surface area (Å²) in [6, 6.07) is 11.7. The molecule has 2 aromatic carbocycles. The largest absolute Gasteiger partial charge is 0.497 e. The molecule has 0 aromatic heterocycles. The highest BCUT2D eigenvalue weighted by Crippen LogP contribution is 2.28. The minimum atomic E-state index is -3.79. The summed E-state index contributed by atoms with van der Waals surface area (Å²) in [5, 5.41) is 0. The molecular formula is C27H39N3O5S. The average molecular weight is 518 g/mol. The lowest BCUT2D eigenvalue weighted by atomic mass is 10.0. The van der Waals surface area contributed by atoms with Crippen LogP contribution in [0, 0.1) is 5.92 Å². The monoisotopic (exact) mass is 517 g/mol. The molecule has 8 nitrogen and oxygen atoms in total. The van der Waals surface area contributed by atoms with Crippen LogP contribution >= 0.6 is 0 Å². The van der Waals surface area contributed by atoms with Crippen molar-refractivity contribution in [3.63, 3.8) is 0 Å². The number of sulfonamides is 1. The predicted molar refractivity (Wildman–Crippen MR) is 143 cm³/mol. The third kappa shape index (κ3) is 6.91. The highest BCUT2D eigenvalue weighted by Gasteiger charge is 2.27. The molecule has 36 heavy (non-hydrogen) atoms. The number of carbonyl (C=O) groups is 1. The zero-order valence-electron chi connectivity index (χ0n) is 22.0. The number of benzene rings is 2. The van der Waals surface area contributed by atoms with Crippen molar-refractivity contribution in [2.75, 3.05) is 44.0 Å². The molecule has 1 atom stereocenters. The fraction of sp³-hybridized carbons (Fsp3) is 0.519. The summed E-state index contributed by atoms with van der Waals surface area (Å²) in [6.07, 6.45) is 3.53. The van der Waals surface area contributed by atoms with E-state index in [4.69, 9.17) is 9.47 Å². The number of carbonyl (C=O) groups excluding carboxylic acids is 1. The van der Waals surface area contributed by atoms with Crippen LogP contribution in [-0.4, -0.2) is 59.7 Å². The molecule has 0 bridgehead atoms. The highest BCUT2D eigenvalue weighted by molar-refractivity contribution is 7.92. The topological polar surface area (TPSA) is 88.2 Å². The summed E-state index contributed by atoms with van der Waals surface area (Å²) in [4.78, 5) is 17.5. The Balaban J connectivity index is 1.90. The highest BCUT2D eigenvalue weighted by atomic mass is 32.2. The summed E-state index contributed by atoms with van der Waals surface area (Å²) >= 11 is 0. The lowest BCUT2D eigenvalue weighted by Gasteiger charge is -2.30. The Hall–Kier alpha value is -2.78. The molecule has 0 radical (unpaired) electrons. The molecule has 9 heteroatoms. The Morgan fingerprint density at radius 2 is 1.83 bits per heavy atom. The summed E-state index contributed by atoms with van der Waals surface area (Å²) in [5.41, 5.74) is 2.24. The van der Waals surface area contributed by atoms with E-state index in [-0.39, 0.29) is 22.8 Å². The summed E-state index contributed by atoms with van der Waals surface area (Å²) in [6.45, 7) is 5.71. The van der Waals surface area contributed by atoms with Gasteiger partial charge in [-0.05, 0) is 73.7 Å². The van der Waals surface area contributed by atoms with Crippen molar-refractivity contribution >= 4 is 27.3 Å². The van der Waals surface area contributed by atoms with Crippen LogP contribution in [0.25, 0.3) is 0 Å². The van der Waals surface area contributed by atoms with Crippen LogP contribution in [-0.2, 0) is 26.1 Å². The van der Waals surface area contributed by atoms with Gasteiger partial charge in [-0.3, -0.25) is 9.52 Å². The van der Waals surface area contributed by atoms with E-state index in [0.29, 0.717) is 24.5 Å². The Bertz CT molecular complexity index is 1110. The van der Waals surface area contributed by atoms with Gasteiger partial charge in [0.2, 0.25) is 5.91 Å². The molecular weight excluding hydrogens is 478 g/mol. The van der Waals surface area contributed by atoms with E-state index in [0.717, 1.165) is 43.5 Å². The van der Waals surface area contributed by atoms with Crippen molar-refractivity contribution in [1.82, 2.24) is 4.90 Å². The van der Waals surface area contributed by atoms with Gasteiger partial charge < -0.3 is 19.3 Å². The normalized spacial score (nSPS) is 15.7. The van der Waals surface area contributed by atoms with Gasteiger partial charge in [0.05, 0.1) is 18.1 Å². The quantitative estimate of drug-likeness (QED) is 0.446. The van der Waals surface area contributed by atoms with Gasteiger partial charge in [-0.15, -0.1) is 0 Å². The number of hydrogen-bond acceptors (Lipinski definition) is 6. The number of nitrogens with zero attached hydrogens (tertiary/aromatic N) is 2. The number of methoxy groups -OCH3 is 1. The molecule has 198 valence electrons. The predicted octanol–water partition coefficient (Wildman–Crippen LogP) is 4.51. The third-order valence-electron chi connectivity index (χ3n) is 6.64. The van der Waals surface area contributed by atoms with Gasteiger partial charge in [-0.25, -0.2) is 8.42 Å². The molecule has 1 amide bonds. The second-order valence-corrected chi connectivity index (χ2v) is 11.1. The molecule has 1 N–H and O–H groups in total. The first-order chi connectivity index (χ1) is 17.2. The summed E-state index contributed by atoms with van der Waals surface area (Å²) in [5.74, 6) is 0.649. The molecule has 0 spiro atoms. The summed E-state index contributed by atoms with van der Waals surface area (Å²) < 4.78 is 39.7. The number of anilines is 2. The van der Waals surface area contributed by atoms with Gasteiger partial charge in [-0.1, -0.05) is 13.8 Å². The van der Waals surface area contributed by atoms with Crippen LogP contribution in [0.3, 0.4) is 0 Å². The lowest BCUT2D eigenvalue weighted by molar-refractivity contribution is -0.138. The van der Waals surface area contributed by atoms with Crippen molar-refractivity contribution < 1.29 is 22.7 Å². The van der Waals surface area contributed by atoms with Crippen molar-refractivity contribution in [3.8, 4) is 5.75 Å². The maximum absolute atomic E-state index is 13.5. The number of ether oxygens (including phenoxy) is 2. The van der Waals surface area contributed by atoms with Crippen molar-refractivity contribution in [3.05, 3.63) is 48.0 Å². The molecule has 1 aliphatic rings. The molecule has 3 rings (SSSR count). The van der Waals surface area contributed by atoms with Gasteiger partial charge in [0, 0.05) is 51.1 Å². The maximum atomic E-state index is 13.5. The zero-order chi connectivity index (χ0) is 26.3. The Morgan fingerprint density at radius 3 is 2.39 bits per heavy atom. The molecule has 1 aliphatic heterocycles. The fourth-order valence-corrected chi connectivity index (χ4v) is 5.60. The first-order valence-corrected chi connectivity index (χ1v) is 14.0.